The van der Waals surface area contributed by atoms with Crippen molar-refractivity contribution < 1.29 is 64.0 Å². The zero-order chi connectivity index (χ0) is 36.3. The van der Waals surface area contributed by atoms with E-state index in [1.807, 2.05) is 27.7 Å². The van der Waals surface area contributed by atoms with Crippen LogP contribution in [-0.2, 0) is 52.5 Å². The molecule has 4 unspecified atom stereocenters. The van der Waals surface area contributed by atoms with Crippen molar-refractivity contribution in [3.05, 3.63) is 0 Å². The Hall–Kier alpha value is -3.15. The van der Waals surface area contributed by atoms with Crippen LogP contribution in [0.15, 0.2) is 0 Å². The molecule has 1 rings (SSSR count). The van der Waals surface area contributed by atoms with E-state index in [0.717, 1.165) is 6.42 Å². The highest BCUT2D eigenvalue weighted by Gasteiger charge is 2.59. The van der Waals surface area contributed by atoms with E-state index in [-0.39, 0.29) is 43.5 Å². The average molecular weight is 650 g/mol. The van der Waals surface area contributed by atoms with Gasteiger partial charge in [0, 0.05) is 11.2 Å². The summed E-state index contributed by atoms with van der Waals surface area (Å²) in [5.74, 6) is -1.75. The van der Waals surface area contributed by atoms with E-state index in [9.17, 15) is 39.0 Å². The van der Waals surface area contributed by atoms with Crippen molar-refractivity contribution in [2.75, 3.05) is 27.9 Å². The number of methoxy groups -OCH3 is 3. The number of esters is 4. The molecule has 0 aromatic carbocycles. The molecule has 0 bridgehead atoms. The average Bonchev–Trinajstić information content (AvgIpc) is 3.61. The molecule has 0 radical (unpaired) electrons. The number of hydrogen-bond acceptors (Lipinski definition) is 13. The predicted molar refractivity (Wildman–Crippen MR) is 163 cm³/mol. The molecule has 0 aromatic heterocycles. The minimum absolute atomic E-state index is 0.0506. The van der Waals surface area contributed by atoms with Crippen molar-refractivity contribution in [1.29, 1.82) is 0 Å². The lowest BCUT2D eigenvalue weighted by Crippen LogP contribution is -2.42. The molecule has 260 valence electrons. The first-order chi connectivity index (χ1) is 21.1. The molecule has 0 aliphatic carbocycles. The lowest BCUT2D eigenvalue weighted by Gasteiger charge is -2.25. The summed E-state index contributed by atoms with van der Waals surface area (Å²) >= 11 is 0. The van der Waals surface area contributed by atoms with Crippen LogP contribution in [0.2, 0.25) is 0 Å². The molecule has 0 saturated carbocycles. The molecule has 13 heteroatoms. The Balaban J connectivity index is 0. The second-order valence-electron chi connectivity index (χ2n) is 12.2. The van der Waals surface area contributed by atoms with E-state index in [4.69, 9.17) is 6.11 Å². The molecule has 0 amide bonds. The summed E-state index contributed by atoms with van der Waals surface area (Å²) in [5.41, 5.74) is -4.44. The van der Waals surface area contributed by atoms with Gasteiger partial charge in [-0.05, 0) is 56.8 Å². The van der Waals surface area contributed by atoms with Gasteiger partial charge in [-0.3, -0.25) is 14.4 Å². The summed E-state index contributed by atoms with van der Waals surface area (Å²) in [5, 5.41) is 19.9. The van der Waals surface area contributed by atoms with Gasteiger partial charge in [0.2, 0.25) is 5.60 Å². The Bertz CT molecular complexity index is 953. The smallest absolute Gasteiger partial charge is 0.469 e. The Labute approximate surface area is 269 Å². The van der Waals surface area contributed by atoms with E-state index >= 15 is 0 Å². The quantitative estimate of drug-likeness (QED) is 0.0951. The van der Waals surface area contributed by atoms with Crippen molar-refractivity contribution >= 4 is 36.1 Å². The Morgan fingerprint density at radius 1 is 0.844 bits per heavy atom. The van der Waals surface area contributed by atoms with Gasteiger partial charge in [0.25, 0.3) is 0 Å². The van der Waals surface area contributed by atoms with Crippen LogP contribution in [-0.4, -0.2) is 91.1 Å². The van der Waals surface area contributed by atoms with Crippen molar-refractivity contribution in [3.8, 4) is 0 Å². The monoisotopic (exact) mass is 649 g/mol. The molecular formula is C32H55O13+. The summed E-state index contributed by atoms with van der Waals surface area (Å²) in [7, 11) is 3.71. The van der Waals surface area contributed by atoms with Crippen molar-refractivity contribution in [2.45, 2.75) is 123 Å². The minimum atomic E-state index is -1.91. The maximum absolute atomic E-state index is 11.7. The molecule has 2 N–H and O–H groups in total. The fourth-order valence-electron chi connectivity index (χ4n) is 3.66. The van der Waals surface area contributed by atoms with Crippen LogP contribution < -0.4 is 0 Å². The van der Waals surface area contributed by atoms with E-state index < -0.39 is 47.7 Å². The molecule has 1 aliphatic rings. The summed E-state index contributed by atoms with van der Waals surface area (Å²) in [6, 6.07) is 0. The molecule has 1 fully saturated rings. The van der Waals surface area contributed by atoms with Gasteiger partial charge in [-0.15, -0.1) is 0 Å². The van der Waals surface area contributed by atoms with Crippen LogP contribution in [0, 0.1) is 17.8 Å². The van der Waals surface area contributed by atoms with Gasteiger partial charge in [-0.2, -0.15) is 0 Å². The number of carbonyl (C=O) groups excluding carboxylic acids is 6. The minimum Gasteiger partial charge on any atom is -0.469 e. The van der Waals surface area contributed by atoms with Gasteiger partial charge in [0.05, 0.1) is 42.1 Å². The van der Waals surface area contributed by atoms with Crippen LogP contribution in [0.1, 0.15) is 108 Å². The zero-order valence-electron chi connectivity index (χ0n) is 29.6. The number of carbonyl (C=O) groups is 5. The third kappa shape index (κ3) is 19.1. The number of aliphatic hydroxyl groups is 2. The molecule has 45 heavy (non-hydrogen) atoms. The lowest BCUT2D eigenvalue weighted by molar-refractivity contribution is -0.172. The molecular weight excluding hydrogens is 592 g/mol. The number of ether oxygens (including phenoxy) is 5. The van der Waals surface area contributed by atoms with Gasteiger partial charge < -0.3 is 33.9 Å². The number of rotatable bonds is 18. The topological polar surface area (TPSA) is 192 Å². The van der Waals surface area contributed by atoms with Gasteiger partial charge in [0.15, 0.2) is 5.60 Å². The zero-order valence-corrected chi connectivity index (χ0v) is 28.6. The highest BCUT2D eigenvalue weighted by molar-refractivity contribution is 5.96. The van der Waals surface area contributed by atoms with Crippen LogP contribution in [0.5, 0.6) is 0 Å². The van der Waals surface area contributed by atoms with Crippen LogP contribution in [0.3, 0.4) is 0 Å². The highest BCUT2D eigenvalue weighted by atomic mass is 16.7. The molecule has 4 atom stereocenters. The standard InChI is InChI=1S/C12H22O5.C10H16O4.C10H17O4/c1-5-17-11(14)12(15,7-6-9(2)3)8-10(13)16-4;1-7(2)4-5-10(9(12)14-10)6-8(11)13-3;1-8(2)4-5-10(13,7-11)6-9(12)14-3/h9,15H,5-8H2,1-4H3;7H,4-6H2,1-3H3;8,13H,4-6H2,1-3H3/q;;+1/i5T;;. The van der Waals surface area contributed by atoms with Crippen LogP contribution >= 0.6 is 0 Å². The Morgan fingerprint density at radius 3 is 1.67 bits per heavy atom. The van der Waals surface area contributed by atoms with Crippen molar-refractivity contribution in [2.24, 2.45) is 17.8 Å². The fraction of sp³-hybridized carbons (Fsp3) is 0.812. The van der Waals surface area contributed by atoms with Gasteiger partial charge >= 0.3 is 41.7 Å². The molecule has 0 aromatic rings. The summed E-state index contributed by atoms with van der Waals surface area (Å²) in [6.45, 7) is 12.2. The molecule has 1 aliphatic heterocycles. The summed E-state index contributed by atoms with van der Waals surface area (Å²) in [6.07, 6.45) is 3.84. The predicted octanol–water partition coefficient (Wildman–Crippen LogP) is 3.39. The van der Waals surface area contributed by atoms with E-state index in [1.54, 1.807) is 0 Å². The third-order valence-corrected chi connectivity index (χ3v) is 6.80. The maximum Gasteiger partial charge on any atom is 0.544 e. The highest BCUT2D eigenvalue weighted by Crippen LogP contribution is 2.39. The Kier molecular flexibility index (Phi) is 20.1. The summed E-state index contributed by atoms with van der Waals surface area (Å²) < 4.78 is 30.1. The fourth-order valence-corrected chi connectivity index (χ4v) is 3.66. The third-order valence-electron chi connectivity index (χ3n) is 6.80. The van der Waals surface area contributed by atoms with Gasteiger partial charge in [-0.25, -0.2) is 9.59 Å². The van der Waals surface area contributed by atoms with Crippen molar-refractivity contribution in [1.82, 2.24) is 0 Å². The maximum atomic E-state index is 11.7. The number of hydrogen-bond donors (Lipinski definition) is 2. The number of cyclic esters (lactones) is 1. The first kappa shape index (κ1) is 41.9. The Morgan fingerprint density at radius 2 is 1.29 bits per heavy atom. The summed E-state index contributed by atoms with van der Waals surface area (Å²) in [4.78, 5) is 66.4. The molecule has 1 heterocycles. The van der Waals surface area contributed by atoms with E-state index in [0.29, 0.717) is 31.1 Å². The first-order valence-electron chi connectivity index (χ1n) is 15.6. The van der Waals surface area contributed by atoms with E-state index in [2.05, 4.69) is 32.8 Å². The normalized spacial score (nSPS) is 18.6. The largest absolute Gasteiger partial charge is 0.544 e. The molecule has 0 spiro atoms. The SMILES string of the molecule is COC(=O)CC(O)([C+]=O)CCC(C)C.COC(=O)CC1(CCC(C)C)OC1=O.[3H]C(C)OC(=O)C(O)(CCC(C)C)CC(=O)OC. The first-order valence-corrected chi connectivity index (χ1v) is 15.1. The van der Waals surface area contributed by atoms with Gasteiger partial charge in [0.1, 0.15) is 6.42 Å². The second-order valence-corrected chi connectivity index (χ2v) is 12.2. The van der Waals surface area contributed by atoms with Crippen LogP contribution in [0.4, 0.5) is 0 Å². The van der Waals surface area contributed by atoms with E-state index in [1.165, 1.54) is 34.5 Å². The number of epoxide rings is 1. The van der Waals surface area contributed by atoms with Crippen LogP contribution in [0.25, 0.3) is 0 Å². The van der Waals surface area contributed by atoms with Gasteiger partial charge in [-0.1, -0.05) is 41.5 Å². The molecule has 1 saturated heterocycles. The molecule has 13 nitrogen and oxygen atoms in total. The van der Waals surface area contributed by atoms with Crippen molar-refractivity contribution in [3.63, 3.8) is 0 Å². The lowest BCUT2D eigenvalue weighted by atomic mass is 9.90. The second kappa shape index (κ2) is 21.6.